The molecule has 1 saturated carbocycles. The molecule has 0 unspecified atom stereocenters. The molecule has 0 aromatic rings. The van der Waals surface area contributed by atoms with Crippen molar-refractivity contribution in [1.82, 2.24) is 10.2 Å². The fourth-order valence-electron chi connectivity index (χ4n) is 2.33. The summed E-state index contributed by atoms with van der Waals surface area (Å²) in [5, 5.41) is 2.51. The predicted octanol–water partition coefficient (Wildman–Crippen LogP) is -0.290. The molecule has 0 radical (unpaired) electrons. The Kier molecular flexibility index (Phi) is 4.29. The first-order chi connectivity index (χ1) is 7.55. The third-order valence-electron chi connectivity index (χ3n) is 3.41. The quantitative estimate of drug-likeness (QED) is 0.693. The van der Waals surface area contributed by atoms with Crippen molar-refractivity contribution in [3.8, 4) is 0 Å². The summed E-state index contributed by atoms with van der Waals surface area (Å²) in [7, 11) is 3.22. The van der Waals surface area contributed by atoms with Crippen LogP contribution in [0.5, 0.6) is 0 Å². The fourth-order valence-corrected chi connectivity index (χ4v) is 2.33. The van der Waals surface area contributed by atoms with E-state index in [0.29, 0.717) is 6.54 Å². The number of likely N-dealkylation sites (N-methyl/N-ethyl adjacent to an activating group) is 2. The molecule has 0 aliphatic heterocycles. The summed E-state index contributed by atoms with van der Waals surface area (Å²) in [4.78, 5) is 24.9. The smallest absolute Gasteiger partial charge is 0.239 e. The van der Waals surface area contributed by atoms with Crippen molar-refractivity contribution in [3.05, 3.63) is 0 Å². The molecule has 5 heteroatoms. The van der Waals surface area contributed by atoms with Crippen molar-refractivity contribution < 1.29 is 9.59 Å². The Balaban J connectivity index is 2.64. The van der Waals surface area contributed by atoms with Crippen molar-refractivity contribution in [3.63, 3.8) is 0 Å². The SMILES string of the molecule is CNC(=O)CN(C)C(=O)C1(CN)CCCC1. The van der Waals surface area contributed by atoms with E-state index in [1.54, 1.807) is 14.1 Å². The van der Waals surface area contributed by atoms with Crippen LogP contribution in [0, 0.1) is 5.41 Å². The van der Waals surface area contributed by atoms with Crippen molar-refractivity contribution >= 4 is 11.8 Å². The van der Waals surface area contributed by atoms with Gasteiger partial charge in [0, 0.05) is 20.6 Å². The first-order valence-electron chi connectivity index (χ1n) is 5.72. The third kappa shape index (κ3) is 2.52. The molecule has 0 heterocycles. The monoisotopic (exact) mass is 227 g/mol. The number of hydrogen-bond donors (Lipinski definition) is 2. The maximum atomic E-state index is 12.2. The first kappa shape index (κ1) is 13.0. The van der Waals surface area contributed by atoms with Crippen LogP contribution >= 0.6 is 0 Å². The van der Waals surface area contributed by atoms with Gasteiger partial charge in [0.25, 0.3) is 0 Å². The van der Waals surface area contributed by atoms with Crippen LogP contribution < -0.4 is 11.1 Å². The number of amides is 2. The van der Waals surface area contributed by atoms with Crippen LogP contribution in [-0.4, -0.2) is 43.9 Å². The normalized spacial score (nSPS) is 18.2. The summed E-state index contributed by atoms with van der Waals surface area (Å²) in [5.41, 5.74) is 5.31. The van der Waals surface area contributed by atoms with Crippen molar-refractivity contribution in [2.24, 2.45) is 11.1 Å². The molecule has 0 atom stereocenters. The molecule has 5 nitrogen and oxygen atoms in total. The Bertz CT molecular complexity index is 272. The average Bonchev–Trinajstić information content (AvgIpc) is 2.77. The second kappa shape index (κ2) is 5.30. The van der Waals surface area contributed by atoms with Gasteiger partial charge in [0.2, 0.25) is 11.8 Å². The highest BCUT2D eigenvalue weighted by Crippen LogP contribution is 2.38. The Morgan fingerprint density at radius 1 is 1.38 bits per heavy atom. The Morgan fingerprint density at radius 2 is 1.94 bits per heavy atom. The van der Waals surface area contributed by atoms with E-state index in [2.05, 4.69) is 5.32 Å². The minimum absolute atomic E-state index is 0.0103. The maximum absolute atomic E-state index is 12.2. The number of nitrogens with one attached hydrogen (secondary N) is 1. The zero-order chi connectivity index (χ0) is 12.2. The van der Waals surface area contributed by atoms with E-state index in [4.69, 9.17) is 5.73 Å². The molecular weight excluding hydrogens is 206 g/mol. The van der Waals surface area contributed by atoms with Crippen LogP contribution in [0.1, 0.15) is 25.7 Å². The first-order valence-corrected chi connectivity index (χ1v) is 5.72. The van der Waals surface area contributed by atoms with Gasteiger partial charge in [-0.2, -0.15) is 0 Å². The van der Waals surface area contributed by atoms with E-state index >= 15 is 0 Å². The molecule has 1 rings (SSSR count). The lowest BCUT2D eigenvalue weighted by atomic mass is 9.85. The van der Waals surface area contributed by atoms with Crippen LogP contribution in [0.4, 0.5) is 0 Å². The van der Waals surface area contributed by atoms with Crippen LogP contribution in [0.3, 0.4) is 0 Å². The van der Waals surface area contributed by atoms with E-state index in [1.165, 1.54) is 4.90 Å². The zero-order valence-corrected chi connectivity index (χ0v) is 10.1. The van der Waals surface area contributed by atoms with E-state index in [-0.39, 0.29) is 18.4 Å². The molecule has 1 aliphatic carbocycles. The molecule has 0 aromatic heterocycles. The van der Waals surface area contributed by atoms with Crippen LogP contribution in [0.15, 0.2) is 0 Å². The minimum Gasteiger partial charge on any atom is -0.358 e. The summed E-state index contributed by atoms with van der Waals surface area (Å²) in [5.74, 6) is -0.142. The highest BCUT2D eigenvalue weighted by atomic mass is 16.2. The van der Waals surface area contributed by atoms with E-state index in [1.807, 2.05) is 0 Å². The highest BCUT2D eigenvalue weighted by Gasteiger charge is 2.41. The average molecular weight is 227 g/mol. The van der Waals surface area contributed by atoms with Gasteiger partial charge in [-0.05, 0) is 12.8 Å². The largest absolute Gasteiger partial charge is 0.358 e. The lowest BCUT2D eigenvalue weighted by Gasteiger charge is -2.30. The van der Waals surface area contributed by atoms with Gasteiger partial charge in [-0.1, -0.05) is 12.8 Å². The van der Waals surface area contributed by atoms with Crippen LogP contribution in [0.2, 0.25) is 0 Å². The topological polar surface area (TPSA) is 75.4 Å². The molecule has 3 N–H and O–H groups in total. The number of hydrogen-bond acceptors (Lipinski definition) is 3. The zero-order valence-electron chi connectivity index (χ0n) is 10.1. The molecule has 1 fully saturated rings. The molecule has 92 valence electrons. The van der Waals surface area contributed by atoms with Crippen LogP contribution in [0.25, 0.3) is 0 Å². The van der Waals surface area contributed by atoms with Crippen LogP contribution in [-0.2, 0) is 9.59 Å². The predicted molar refractivity (Wildman–Crippen MR) is 61.7 cm³/mol. The van der Waals surface area contributed by atoms with E-state index < -0.39 is 5.41 Å². The van der Waals surface area contributed by atoms with Gasteiger partial charge in [0.15, 0.2) is 0 Å². The van der Waals surface area contributed by atoms with Gasteiger partial charge in [0.1, 0.15) is 0 Å². The summed E-state index contributed by atoms with van der Waals surface area (Å²) in [6.45, 7) is 0.487. The summed E-state index contributed by atoms with van der Waals surface area (Å²) < 4.78 is 0. The summed E-state index contributed by atoms with van der Waals surface area (Å²) in [6, 6.07) is 0. The summed E-state index contributed by atoms with van der Waals surface area (Å²) >= 11 is 0. The van der Waals surface area contributed by atoms with Gasteiger partial charge in [-0.3, -0.25) is 9.59 Å². The molecule has 1 aliphatic rings. The van der Waals surface area contributed by atoms with Crippen molar-refractivity contribution in [1.29, 1.82) is 0 Å². The van der Waals surface area contributed by atoms with Gasteiger partial charge >= 0.3 is 0 Å². The fraction of sp³-hybridized carbons (Fsp3) is 0.818. The van der Waals surface area contributed by atoms with E-state index in [0.717, 1.165) is 25.7 Å². The number of nitrogens with two attached hydrogens (primary N) is 1. The molecule has 16 heavy (non-hydrogen) atoms. The number of carbonyl (C=O) groups is 2. The number of carbonyl (C=O) groups excluding carboxylic acids is 2. The third-order valence-corrected chi connectivity index (χ3v) is 3.41. The molecule has 0 bridgehead atoms. The lowest BCUT2D eigenvalue weighted by Crippen LogP contribution is -2.47. The second-order valence-corrected chi connectivity index (χ2v) is 4.53. The Morgan fingerprint density at radius 3 is 2.38 bits per heavy atom. The number of rotatable bonds is 4. The molecule has 0 saturated heterocycles. The summed E-state index contributed by atoms with van der Waals surface area (Å²) in [6.07, 6.45) is 3.80. The van der Waals surface area contributed by atoms with Gasteiger partial charge < -0.3 is 16.0 Å². The minimum atomic E-state index is -0.414. The highest BCUT2D eigenvalue weighted by molar-refractivity contribution is 5.88. The maximum Gasteiger partial charge on any atom is 0.239 e. The van der Waals surface area contributed by atoms with Crippen molar-refractivity contribution in [2.75, 3.05) is 27.2 Å². The lowest BCUT2D eigenvalue weighted by molar-refractivity contribution is -0.142. The Labute approximate surface area is 96.4 Å². The van der Waals surface area contributed by atoms with E-state index in [9.17, 15) is 9.59 Å². The second-order valence-electron chi connectivity index (χ2n) is 4.53. The van der Waals surface area contributed by atoms with Gasteiger partial charge in [-0.25, -0.2) is 0 Å². The molecule has 0 aromatic carbocycles. The van der Waals surface area contributed by atoms with Gasteiger partial charge in [-0.15, -0.1) is 0 Å². The number of nitrogens with zero attached hydrogens (tertiary/aromatic N) is 1. The van der Waals surface area contributed by atoms with Gasteiger partial charge in [0.05, 0.1) is 12.0 Å². The molecule has 0 spiro atoms. The molecular formula is C11H21N3O2. The Hall–Kier alpha value is -1.10. The van der Waals surface area contributed by atoms with Crippen molar-refractivity contribution in [2.45, 2.75) is 25.7 Å². The standard InChI is InChI=1S/C11H21N3O2/c1-13-9(15)7-14(2)10(16)11(8-12)5-3-4-6-11/h3-8,12H2,1-2H3,(H,13,15). The molecule has 2 amide bonds.